The average molecular weight is 299 g/mol. The van der Waals surface area contributed by atoms with E-state index in [1.165, 1.54) is 10.6 Å². The van der Waals surface area contributed by atoms with E-state index >= 15 is 0 Å². The molecule has 0 aliphatic heterocycles. The van der Waals surface area contributed by atoms with Gasteiger partial charge >= 0.3 is 0 Å². The van der Waals surface area contributed by atoms with Crippen molar-refractivity contribution in [2.45, 2.75) is 6.54 Å². The molecule has 0 radical (unpaired) electrons. The Bertz CT molecular complexity index is 641. The maximum Gasteiger partial charge on any atom is 0.250 e. The fourth-order valence-electron chi connectivity index (χ4n) is 1.57. The van der Waals surface area contributed by atoms with Gasteiger partial charge in [-0.1, -0.05) is 29.3 Å². The molecule has 0 fully saturated rings. The third kappa shape index (κ3) is 3.43. The SMILES string of the molecule is Nc1ccc(=O)n(CCOc2cccc(Cl)c2Cl)c1. The zero-order valence-corrected chi connectivity index (χ0v) is 11.5. The van der Waals surface area contributed by atoms with Crippen molar-refractivity contribution >= 4 is 28.9 Å². The van der Waals surface area contributed by atoms with Crippen LogP contribution < -0.4 is 16.0 Å². The molecule has 2 N–H and O–H groups in total. The molecular weight excluding hydrogens is 287 g/mol. The highest BCUT2D eigenvalue weighted by atomic mass is 35.5. The molecule has 0 saturated heterocycles. The van der Waals surface area contributed by atoms with E-state index in [-0.39, 0.29) is 5.56 Å². The molecule has 0 aliphatic carbocycles. The third-order valence-electron chi connectivity index (χ3n) is 2.51. The Morgan fingerprint density at radius 3 is 2.79 bits per heavy atom. The van der Waals surface area contributed by atoms with Crippen LogP contribution >= 0.6 is 23.2 Å². The molecule has 1 aromatic carbocycles. The fraction of sp³-hybridized carbons (Fsp3) is 0.154. The van der Waals surface area contributed by atoms with Gasteiger partial charge in [-0.05, 0) is 18.2 Å². The van der Waals surface area contributed by atoms with Crippen LogP contribution in [-0.4, -0.2) is 11.2 Å². The Morgan fingerprint density at radius 2 is 2.00 bits per heavy atom. The Morgan fingerprint density at radius 1 is 1.21 bits per heavy atom. The third-order valence-corrected chi connectivity index (χ3v) is 3.31. The second-order valence-corrected chi connectivity index (χ2v) is 4.68. The monoisotopic (exact) mass is 298 g/mol. The van der Waals surface area contributed by atoms with Gasteiger partial charge in [0.05, 0.1) is 11.6 Å². The van der Waals surface area contributed by atoms with E-state index in [0.29, 0.717) is 34.6 Å². The number of hydrogen-bond donors (Lipinski definition) is 1. The summed E-state index contributed by atoms with van der Waals surface area (Å²) < 4.78 is 6.98. The van der Waals surface area contributed by atoms with Crippen molar-refractivity contribution in [1.29, 1.82) is 0 Å². The van der Waals surface area contributed by atoms with Gasteiger partial charge in [0, 0.05) is 18.0 Å². The standard InChI is InChI=1S/C13H12Cl2N2O2/c14-10-2-1-3-11(13(10)15)19-7-6-17-8-9(16)4-5-12(17)18/h1-5,8H,6-7,16H2. The first kappa shape index (κ1) is 13.8. The normalized spacial score (nSPS) is 10.4. The van der Waals surface area contributed by atoms with E-state index in [4.69, 9.17) is 33.7 Å². The number of nitrogen functional groups attached to an aromatic ring is 1. The maximum atomic E-state index is 11.5. The van der Waals surface area contributed by atoms with Crippen LogP contribution in [0.25, 0.3) is 0 Å². The van der Waals surface area contributed by atoms with Gasteiger partial charge in [0.2, 0.25) is 0 Å². The van der Waals surface area contributed by atoms with E-state index in [2.05, 4.69) is 0 Å². The minimum Gasteiger partial charge on any atom is -0.490 e. The maximum absolute atomic E-state index is 11.5. The largest absolute Gasteiger partial charge is 0.490 e. The number of benzene rings is 1. The van der Waals surface area contributed by atoms with Crippen LogP contribution in [0.15, 0.2) is 41.3 Å². The van der Waals surface area contributed by atoms with Crippen LogP contribution in [0, 0.1) is 0 Å². The van der Waals surface area contributed by atoms with Gasteiger partial charge in [-0.25, -0.2) is 0 Å². The number of nitrogens with zero attached hydrogens (tertiary/aromatic N) is 1. The van der Waals surface area contributed by atoms with E-state index in [1.54, 1.807) is 30.5 Å². The summed E-state index contributed by atoms with van der Waals surface area (Å²) in [5, 5.41) is 0.796. The molecular formula is C13H12Cl2N2O2. The molecule has 19 heavy (non-hydrogen) atoms. The Labute approximate surface area is 120 Å². The van der Waals surface area contributed by atoms with Crippen molar-refractivity contribution in [3.63, 3.8) is 0 Å². The molecule has 100 valence electrons. The molecule has 0 unspecified atom stereocenters. The Hall–Kier alpha value is -1.65. The van der Waals surface area contributed by atoms with Crippen molar-refractivity contribution in [3.8, 4) is 5.75 Å². The number of nitrogens with two attached hydrogens (primary N) is 1. The molecule has 0 aliphatic rings. The van der Waals surface area contributed by atoms with Crippen LogP contribution in [0.1, 0.15) is 0 Å². The predicted molar refractivity (Wildman–Crippen MR) is 77.1 cm³/mol. The molecule has 1 aromatic heterocycles. The van der Waals surface area contributed by atoms with Crippen LogP contribution in [0.2, 0.25) is 10.0 Å². The average Bonchev–Trinajstić information content (AvgIpc) is 2.38. The molecule has 4 nitrogen and oxygen atoms in total. The summed E-state index contributed by atoms with van der Waals surface area (Å²) in [5.41, 5.74) is 6.01. The minimum atomic E-state index is -0.130. The number of aromatic nitrogens is 1. The first-order chi connectivity index (χ1) is 9.08. The molecule has 2 aromatic rings. The summed E-state index contributed by atoms with van der Waals surface area (Å²) >= 11 is 11.9. The van der Waals surface area contributed by atoms with Crippen LogP contribution in [0.5, 0.6) is 5.75 Å². The highest BCUT2D eigenvalue weighted by Gasteiger charge is 2.05. The van der Waals surface area contributed by atoms with Crippen LogP contribution in [-0.2, 0) is 6.54 Å². The van der Waals surface area contributed by atoms with Crippen molar-refractivity contribution in [2.75, 3.05) is 12.3 Å². The minimum absolute atomic E-state index is 0.130. The molecule has 0 saturated carbocycles. The van der Waals surface area contributed by atoms with Gasteiger partial charge < -0.3 is 15.0 Å². The lowest BCUT2D eigenvalue weighted by molar-refractivity contribution is 0.296. The lowest BCUT2D eigenvalue weighted by atomic mass is 10.3. The van der Waals surface area contributed by atoms with E-state index in [1.807, 2.05) is 0 Å². The summed E-state index contributed by atoms with van der Waals surface area (Å²) in [5.74, 6) is 0.492. The summed E-state index contributed by atoms with van der Waals surface area (Å²) in [4.78, 5) is 11.5. The summed E-state index contributed by atoms with van der Waals surface area (Å²) in [6, 6.07) is 8.13. The van der Waals surface area contributed by atoms with Gasteiger partial charge in [0.1, 0.15) is 17.4 Å². The molecule has 1 heterocycles. The van der Waals surface area contributed by atoms with Gasteiger partial charge in [-0.3, -0.25) is 4.79 Å². The fourth-order valence-corrected chi connectivity index (χ4v) is 1.92. The van der Waals surface area contributed by atoms with E-state index in [0.717, 1.165) is 0 Å². The molecule has 0 atom stereocenters. The van der Waals surface area contributed by atoms with Crippen LogP contribution in [0.4, 0.5) is 5.69 Å². The quantitative estimate of drug-likeness (QED) is 0.944. The molecule has 6 heteroatoms. The second kappa shape index (κ2) is 5.99. The van der Waals surface area contributed by atoms with Crippen molar-refractivity contribution in [1.82, 2.24) is 4.57 Å². The zero-order valence-electron chi connectivity index (χ0n) is 9.98. The molecule has 0 bridgehead atoms. The summed E-state index contributed by atoms with van der Waals surface area (Å²) in [6.07, 6.45) is 1.57. The smallest absolute Gasteiger partial charge is 0.250 e. The van der Waals surface area contributed by atoms with E-state index < -0.39 is 0 Å². The zero-order chi connectivity index (χ0) is 13.8. The molecule has 2 rings (SSSR count). The van der Waals surface area contributed by atoms with Crippen molar-refractivity contribution < 1.29 is 4.74 Å². The number of rotatable bonds is 4. The van der Waals surface area contributed by atoms with Gasteiger partial charge in [0.25, 0.3) is 5.56 Å². The summed E-state index contributed by atoms with van der Waals surface area (Å²) in [6.45, 7) is 0.677. The number of anilines is 1. The highest BCUT2D eigenvalue weighted by Crippen LogP contribution is 2.31. The lowest BCUT2D eigenvalue weighted by Crippen LogP contribution is -2.22. The first-order valence-electron chi connectivity index (χ1n) is 5.60. The topological polar surface area (TPSA) is 57.2 Å². The Kier molecular flexibility index (Phi) is 4.35. The number of pyridine rings is 1. The van der Waals surface area contributed by atoms with Crippen molar-refractivity contribution in [3.05, 3.63) is 56.9 Å². The second-order valence-electron chi connectivity index (χ2n) is 3.89. The molecule has 0 spiro atoms. The van der Waals surface area contributed by atoms with E-state index in [9.17, 15) is 4.79 Å². The predicted octanol–water partition coefficient (Wildman–Crippen LogP) is 2.82. The number of hydrogen-bond acceptors (Lipinski definition) is 3. The number of halogens is 2. The van der Waals surface area contributed by atoms with Gasteiger partial charge in [-0.2, -0.15) is 0 Å². The Balaban J connectivity index is 2.02. The van der Waals surface area contributed by atoms with Crippen molar-refractivity contribution in [2.24, 2.45) is 0 Å². The lowest BCUT2D eigenvalue weighted by Gasteiger charge is -2.10. The number of ether oxygens (including phenoxy) is 1. The molecule has 0 amide bonds. The highest BCUT2D eigenvalue weighted by molar-refractivity contribution is 6.42. The van der Waals surface area contributed by atoms with Crippen LogP contribution in [0.3, 0.4) is 0 Å². The van der Waals surface area contributed by atoms with Gasteiger partial charge in [0.15, 0.2) is 0 Å². The summed E-state index contributed by atoms with van der Waals surface area (Å²) in [7, 11) is 0. The first-order valence-corrected chi connectivity index (χ1v) is 6.36. The van der Waals surface area contributed by atoms with Gasteiger partial charge in [-0.15, -0.1) is 0 Å².